The summed E-state index contributed by atoms with van der Waals surface area (Å²) in [5.74, 6) is 0.973. The first-order chi connectivity index (χ1) is 6.34. The van der Waals surface area contributed by atoms with E-state index in [1.165, 1.54) is 51.4 Å². The largest absolute Gasteiger partial charge is 0.311 e. The van der Waals surface area contributed by atoms with Crippen molar-refractivity contribution in [1.82, 2.24) is 5.32 Å². The lowest BCUT2D eigenvalue weighted by Gasteiger charge is -2.26. The van der Waals surface area contributed by atoms with Crippen LogP contribution in [0.1, 0.15) is 58.3 Å². The van der Waals surface area contributed by atoms with E-state index in [9.17, 15) is 0 Å². The van der Waals surface area contributed by atoms with Gasteiger partial charge in [0.25, 0.3) is 0 Å². The molecular formula is C12H23N. The van der Waals surface area contributed by atoms with Gasteiger partial charge in [0.05, 0.1) is 0 Å². The van der Waals surface area contributed by atoms with Crippen LogP contribution in [-0.2, 0) is 0 Å². The van der Waals surface area contributed by atoms with Gasteiger partial charge in [-0.3, -0.25) is 0 Å². The van der Waals surface area contributed by atoms with Crippen molar-refractivity contribution in [2.45, 2.75) is 70.4 Å². The Morgan fingerprint density at radius 1 is 0.846 bits per heavy atom. The Bertz CT molecular complexity index is 146. The van der Waals surface area contributed by atoms with E-state index >= 15 is 0 Å². The number of hydrogen-bond donors (Lipinski definition) is 1. The van der Waals surface area contributed by atoms with Crippen molar-refractivity contribution in [2.24, 2.45) is 5.92 Å². The van der Waals surface area contributed by atoms with Gasteiger partial charge < -0.3 is 5.32 Å². The predicted molar refractivity (Wildman–Crippen MR) is 56.8 cm³/mol. The molecule has 0 aromatic rings. The van der Waals surface area contributed by atoms with E-state index in [-0.39, 0.29) is 0 Å². The van der Waals surface area contributed by atoms with Crippen molar-refractivity contribution < 1.29 is 0 Å². The molecule has 2 saturated carbocycles. The fourth-order valence-corrected chi connectivity index (χ4v) is 2.96. The summed E-state index contributed by atoms with van der Waals surface area (Å²) in [5, 5.41) is 3.85. The summed E-state index contributed by atoms with van der Waals surface area (Å²) >= 11 is 0. The molecule has 13 heavy (non-hydrogen) atoms. The highest BCUT2D eigenvalue weighted by atomic mass is 15.0. The molecule has 0 radical (unpaired) electrons. The molecule has 1 heteroatoms. The number of rotatable bonds is 2. The van der Waals surface area contributed by atoms with E-state index < -0.39 is 0 Å². The molecule has 2 aliphatic rings. The smallest absolute Gasteiger partial charge is 0.00722 e. The van der Waals surface area contributed by atoms with Gasteiger partial charge >= 0.3 is 0 Å². The van der Waals surface area contributed by atoms with Gasteiger partial charge in [-0.2, -0.15) is 0 Å². The van der Waals surface area contributed by atoms with Crippen molar-refractivity contribution in [3.8, 4) is 0 Å². The average molecular weight is 181 g/mol. The second-order valence-corrected chi connectivity index (χ2v) is 5.12. The zero-order chi connectivity index (χ0) is 9.10. The van der Waals surface area contributed by atoms with Gasteiger partial charge in [-0.25, -0.2) is 0 Å². The standard InChI is InChI=1S/C12H23N/c1-10-7-8-12(9-10)13-11-5-3-2-4-6-11/h10-13H,2-9H2,1H3/t10-,12-/m0/s1. The first-order valence-electron chi connectivity index (χ1n) is 6.10. The van der Waals surface area contributed by atoms with E-state index in [2.05, 4.69) is 12.2 Å². The molecule has 1 N–H and O–H groups in total. The molecule has 0 heterocycles. The van der Waals surface area contributed by atoms with Gasteiger partial charge in [-0.1, -0.05) is 26.2 Å². The van der Waals surface area contributed by atoms with Crippen LogP contribution in [0.3, 0.4) is 0 Å². The van der Waals surface area contributed by atoms with Gasteiger partial charge in [0.15, 0.2) is 0 Å². The Kier molecular flexibility index (Phi) is 3.26. The summed E-state index contributed by atoms with van der Waals surface area (Å²) in [5.41, 5.74) is 0. The molecule has 1 nitrogen and oxygen atoms in total. The van der Waals surface area contributed by atoms with Crippen LogP contribution < -0.4 is 5.32 Å². The molecule has 2 rings (SSSR count). The maximum Gasteiger partial charge on any atom is 0.00722 e. The third kappa shape index (κ3) is 2.70. The van der Waals surface area contributed by atoms with E-state index in [0.29, 0.717) is 0 Å². The van der Waals surface area contributed by atoms with Gasteiger partial charge in [0.1, 0.15) is 0 Å². The Morgan fingerprint density at radius 3 is 2.23 bits per heavy atom. The summed E-state index contributed by atoms with van der Waals surface area (Å²) in [6, 6.07) is 1.72. The van der Waals surface area contributed by atoms with Crippen LogP contribution in [0.4, 0.5) is 0 Å². The highest BCUT2D eigenvalue weighted by Crippen LogP contribution is 2.27. The van der Waals surface area contributed by atoms with Crippen molar-refractivity contribution in [2.75, 3.05) is 0 Å². The van der Waals surface area contributed by atoms with Gasteiger partial charge in [-0.15, -0.1) is 0 Å². The minimum absolute atomic E-state index is 0.859. The van der Waals surface area contributed by atoms with E-state index in [1.54, 1.807) is 0 Å². The summed E-state index contributed by atoms with van der Waals surface area (Å²) in [6.07, 6.45) is 11.6. The van der Waals surface area contributed by atoms with Crippen LogP contribution in [0.2, 0.25) is 0 Å². The van der Waals surface area contributed by atoms with Crippen LogP contribution in [0.15, 0.2) is 0 Å². The minimum Gasteiger partial charge on any atom is -0.311 e. The summed E-state index contributed by atoms with van der Waals surface area (Å²) in [4.78, 5) is 0. The summed E-state index contributed by atoms with van der Waals surface area (Å²) in [6.45, 7) is 2.39. The quantitative estimate of drug-likeness (QED) is 0.690. The zero-order valence-electron chi connectivity index (χ0n) is 8.89. The monoisotopic (exact) mass is 181 g/mol. The van der Waals surface area contributed by atoms with E-state index in [1.807, 2.05) is 0 Å². The molecule has 0 unspecified atom stereocenters. The molecule has 2 fully saturated rings. The van der Waals surface area contributed by atoms with E-state index in [0.717, 1.165) is 18.0 Å². The first kappa shape index (κ1) is 9.51. The maximum atomic E-state index is 3.85. The zero-order valence-corrected chi connectivity index (χ0v) is 8.89. The Morgan fingerprint density at radius 2 is 1.62 bits per heavy atom. The summed E-state index contributed by atoms with van der Waals surface area (Å²) in [7, 11) is 0. The minimum atomic E-state index is 0.859. The van der Waals surface area contributed by atoms with Crippen molar-refractivity contribution in [3.63, 3.8) is 0 Å². The molecule has 0 bridgehead atoms. The molecule has 2 atom stereocenters. The van der Waals surface area contributed by atoms with Crippen LogP contribution in [0, 0.1) is 5.92 Å². The lowest BCUT2D eigenvalue weighted by molar-refractivity contribution is 0.334. The van der Waals surface area contributed by atoms with Crippen LogP contribution in [-0.4, -0.2) is 12.1 Å². The third-order valence-electron chi connectivity index (χ3n) is 3.77. The van der Waals surface area contributed by atoms with E-state index in [4.69, 9.17) is 0 Å². The lowest BCUT2D eigenvalue weighted by atomic mass is 9.94. The Balaban J connectivity index is 1.71. The second-order valence-electron chi connectivity index (χ2n) is 5.12. The van der Waals surface area contributed by atoms with Gasteiger partial charge in [-0.05, 0) is 38.0 Å². The third-order valence-corrected chi connectivity index (χ3v) is 3.77. The number of nitrogens with one attached hydrogen (secondary N) is 1. The van der Waals surface area contributed by atoms with Crippen LogP contribution in [0.5, 0.6) is 0 Å². The predicted octanol–water partition coefficient (Wildman–Crippen LogP) is 3.10. The normalized spacial score (nSPS) is 36.7. The summed E-state index contributed by atoms with van der Waals surface area (Å²) < 4.78 is 0. The molecule has 0 saturated heterocycles. The number of hydrogen-bond acceptors (Lipinski definition) is 1. The average Bonchev–Trinajstić information content (AvgIpc) is 2.53. The highest BCUT2D eigenvalue weighted by Gasteiger charge is 2.24. The molecular weight excluding hydrogens is 158 g/mol. The first-order valence-corrected chi connectivity index (χ1v) is 6.10. The highest BCUT2D eigenvalue weighted by molar-refractivity contribution is 4.83. The molecule has 0 aliphatic heterocycles. The van der Waals surface area contributed by atoms with Crippen molar-refractivity contribution in [1.29, 1.82) is 0 Å². The van der Waals surface area contributed by atoms with Crippen molar-refractivity contribution >= 4 is 0 Å². The fraction of sp³-hybridized carbons (Fsp3) is 1.00. The Labute approximate surface area is 82.3 Å². The van der Waals surface area contributed by atoms with Gasteiger partial charge in [0, 0.05) is 12.1 Å². The fourth-order valence-electron chi connectivity index (χ4n) is 2.96. The molecule has 0 aromatic heterocycles. The molecule has 0 spiro atoms. The lowest BCUT2D eigenvalue weighted by Crippen LogP contribution is -2.38. The second kappa shape index (κ2) is 4.45. The molecule has 76 valence electrons. The SMILES string of the molecule is C[C@H]1CC[C@H](NC2CCCCC2)C1. The van der Waals surface area contributed by atoms with Crippen LogP contribution >= 0.6 is 0 Å². The Hall–Kier alpha value is -0.0400. The molecule has 2 aliphatic carbocycles. The topological polar surface area (TPSA) is 12.0 Å². The maximum absolute atomic E-state index is 3.85. The molecule has 0 amide bonds. The van der Waals surface area contributed by atoms with Crippen molar-refractivity contribution in [3.05, 3.63) is 0 Å². The van der Waals surface area contributed by atoms with Crippen LogP contribution in [0.25, 0.3) is 0 Å². The molecule has 0 aromatic carbocycles. The van der Waals surface area contributed by atoms with Gasteiger partial charge in [0.2, 0.25) is 0 Å².